The van der Waals surface area contributed by atoms with E-state index >= 15 is 0 Å². The predicted molar refractivity (Wildman–Crippen MR) is 71.4 cm³/mol. The van der Waals surface area contributed by atoms with Crippen LogP contribution in [0.15, 0.2) is 18.2 Å². The molecule has 0 aliphatic carbocycles. The number of aryl methyl sites for hydroxylation is 1. The molecule has 0 aliphatic rings. The molecule has 2 heteroatoms. The smallest absolute Gasteiger partial charge is 0.0483 e. The Balaban J connectivity index is 2.92. The van der Waals surface area contributed by atoms with Crippen molar-refractivity contribution in [3.63, 3.8) is 0 Å². The highest BCUT2D eigenvalue weighted by atomic mass is 35.5. The van der Waals surface area contributed by atoms with Gasteiger partial charge in [0.1, 0.15) is 0 Å². The monoisotopic (exact) mass is 235 g/mol. The fourth-order valence-electron chi connectivity index (χ4n) is 2.49. The number of benzene rings is 1. The molecule has 2 aromatic rings. The van der Waals surface area contributed by atoms with Gasteiger partial charge in [-0.25, -0.2) is 0 Å². The Hall–Kier alpha value is -0.950. The first-order valence-corrected chi connectivity index (χ1v) is 5.95. The van der Waals surface area contributed by atoms with Gasteiger partial charge in [-0.1, -0.05) is 32.4 Å². The van der Waals surface area contributed by atoms with Crippen LogP contribution in [0.1, 0.15) is 32.0 Å². The molecule has 0 fully saturated rings. The topological polar surface area (TPSA) is 4.93 Å². The Kier molecular flexibility index (Phi) is 2.54. The van der Waals surface area contributed by atoms with E-state index in [9.17, 15) is 0 Å². The van der Waals surface area contributed by atoms with Crippen molar-refractivity contribution in [3.05, 3.63) is 34.5 Å². The van der Waals surface area contributed by atoms with Crippen LogP contribution >= 0.6 is 11.6 Å². The second-order valence-electron chi connectivity index (χ2n) is 5.43. The van der Waals surface area contributed by atoms with Crippen molar-refractivity contribution in [2.75, 3.05) is 0 Å². The van der Waals surface area contributed by atoms with Crippen molar-refractivity contribution in [1.29, 1.82) is 0 Å². The molecule has 0 saturated heterocycles. The van der Waals surface area contributed by atoms with Gasteiger partial charge in [-0.2, -0.15) is 0 Å². The zero-order chi connectivity index (χ0) is 12.1. The summed E-state index contributed by atoms with van der Waals surface area (Å²) in [7, 11) is 2.11. The first-order chi connectivity index (χ1) is 7.32. The quantitative estimate of drug-likeness (QED) is 0.636. The van der Waals surface area contributed by atoms with E-state index in [1.807, 2.05) is 6.07 Å². The SMILES string of the molecule is Cc1c(C(C)(C)C)c2cc(Cl)ccc2n1C. The summed E-state index contributed by atoms with van der Waals surface area (Å²) in [4.78, 5) is 0. The number of hydrogen-bond acceptors (Lipinski definition) is 0. The summed E-state index contributed by atoms with van der Waals surface area (Å²) in [5.41, 5.74) is 4.12. The van der Waals surface area contributed by atoms with Crippen molar-refractivity contribution in [1.82, 2.24) is 4.57 Å². The van der Waals surface area contributed by atoms with Crippen molar-refractivity contribution >= 4 is 22.5 Å². The highest BCUT2D eigenvalue weighted by molar-refractivity contribution is 6.31. The highest BCUT2D eigenvalue weighted by Gasteiger charge is 2.23. The van der Waals surface area contributed by atoms with Crippen LogP contribution in [0.3, 0.4) is 0 Å². The molecule has 1 nitrogen and oxygen atoms in total. The lowest BCUT2D eigenvalue weighted by molar-refractivity contribution is 0.587. The zero-order valence-corrected chi connectivity index (χ0v) is 11.3. The summed E-state index contributed by atoms with van der Waals surface area (Å²) in [5, 5.41) is 2.09. The molecule has 1 aromatic heterocycles. The maximum absolute atomic E-state index is 6.09. The maximum Gasteiger partial charge on any atom is 0.0483 e. The van der Waals surface area contributed by atoms with E-state index in [1.54, 1.807) is 0 Å². The van der Waals surface area contributed by atoms with Gasteiger partial charge in [-0.15, -0.1) is 0 Å². The summed E-state index contributed by atoms with van der Waals surface area (Å²) in [6, 6.07) is 6.13. The lowest BCUT2D eigenvalue weighted by atomic mass is 9.85. The standard InChI is InChI=1S/C14H18ClN/c1-9-13(14(2,3)4)11-8-10(15)6-7-12(11)16(9)5/h6-8H,1-5H3. The van der Waals surface area contributed by atoms with Crippen LogP contribution in [0.5, 0.6) is 0 Å². The van der Waals surface area contributed by atoms with Gasteiger partial charge in [-0.3, -0.25) is 0 Å². The average molecular weight is 236 g/mol. The number of aromatic nitrogens is 1. The number of fused-ring (bicyclic) bond motifs is 1. The maximum atomic E-state index is 6.09. The van der Waals surface area contributed by atoms with Crippen LogP contribution in [-0.2, 0) is 12.5 Å². The van der Waals surface area contributed by atoms with Gasteiger partial charge in [-0.05, 0) is 36.1 Å². The normalized spacial score (nSPS) is 12.4. The van der Waals surface area contributed by atoms with Gasteiger partial charge in [0, 0.05) is 28.7 Å². The molecule has 16 heavy (non-hydrogen) atoms. The third-order valence-electron chi connectivity index (χ3n) is 3.20. The van der Waals surface area contributed by atoms with Gasteiger partial charge >= 0.3 is 0 Å². The molecular weight excluding hydrogens is 218 g/mol. The Morgan fingerprint density at radius 1 is 1.19 bits per heavy atom. The second kappa shape index (κ2) is 3.53. The fraction of sp³-hybridized carbons (Fsp3) is 0.429. The van der Waals surface area contributed by atoms with Crippen LogP contribution in [-0.4, -0.2) is 4.57 Å². The molecule has 86 valence electrons. The van der Waals surface area contributed by atoms with E-state index in [2.05, 4.69) is 51.4 Å². The summed E-state index contributed by atoms with van der Waals surface area (Å²) in [6.45, 7) is 8.91. The lowest BCUT2D eigenvalue weighted by Crippen LogP contribution is -2.12. The second-order valence-corrected chi connectivity index (χ2v) is 5.87. The van der Waals surface area contributed by atoms with E-state index in [-0.39, 0.29) is 5.41 Å². The first kappa shape index (κ1) is 11.5. The minimum absolute atomic E-state index is 0.147. The molecule has 0 amide bonds. The number of rotatable bonds is 0. The molecule has 0 unspecified atom stereocenters. The molecule has 1 heterocycles. The average Bonchev–Trinajstić information content (AvgIpc) is 2.38. The van der Waals surface area contributed by atoms with Crippen LogP contribution in [0.2, 0.25) is 5.02 Å². The van der Waals surface area contributed by atoms with Crippen molar-refractivity contribution in [2.24, 2.45) is 7.05 Å². The lowest BCUT2D eigenvalue weighted by Gasteiger charge is -2.19. The Bertz CT molecular complexity index is 544. The van der Waals surface area contributed by atoms with Crippen LogP contribution < -0.4 is 0 Å². The third-order valence-corrected chi connectivity index (χ3v) is 3.44. The molecule has 0 saturated carbocycles. The molecule has 0 aliphatic heterocycles. The van der Waals surface area contributed by atoms with E-state index in [4.69, 9.17) is 11.6 Å². The number of nitrogens with zero attached hydrogens (tertiary/aromatic N) is 1. The van der Waals surface area contributed by atoms with Crippen molar-refractivity contribution in [2.45, 2.75) is 33.1 Å². The predicted octanol–water partition coefficient (Wildman–Crippen LogP) is 4.44. The largest absolute Gasteiger partial charge is 0.348 e. The number of hydrogen-bond donors (Lipinski definition) is 0. The molecule has 0 radical (unpaired) electrons. The Morgan fingerprint density at radius 3 is 2.38 bits per heavy atom. The summed E-state index contributed by atoms with van der Waals surface area (Å²) >= 11 is 6.09. The van der Waals surface area contributed by atoms with E-state index < -0.39 is 0 Å². The van der Waals surface area contributed by atoms with Gasteiger partial charge in [0.15, 0.2) is 0 Å². The van der Waals surface area contributed by atoms with E-state index in [0.29, 0.717) is 0 Å². The van der Waals surface area contributed by atoms with Gasteiger partial charge in [0.05, 0.1) is 0 Å². The molecule has 0 N–H and O–H groups in total. The van der Waals surface area contributed by atoms with E-state index in [1.165, 1.54) is 22.2 Å². The summed E-state index contributed by atoms with van der Waals surface area (Å²) in [5.74, 6) is 0. The van der Waals surface area contributed by atoms with Gasteiger partial charge < -0.3 is 4.57 Å². The molecular formula is C14H18ClN. The van der Waals surface area contributed by atoms with Crippen molar-refractivity contribution in [3.8, 4) is 0 Å². The summed E-state index contributed by atoms with van der Waals surface area (Å²) < 4.78 is 2.24. The molecule has 0 bridgehead atoms. The number of halogens is 1. The molecule has 0 atom stereocenters. The molecule has 2 rings (SSSR count). The Morgan fingerprint density at radius 2 is 1.81 bits per heavy atom. The van der Waals surface area contributed by atoms with Crippen LogP contribution in [0, 0.1) is 6.92 Å². The van der Waals surface area contributed by atoms with Gasteiger partial charge in [0.25, 0.3) is 0 Å². The minimum atomic E-state index is 0.147. The molecule has 1 aromatic carbocycles. The van der Waals surface area contributed by atoms with Crippen molar-refractivity contribution < 1.29 is 0 Å². The van der Waals surface area contributed by atoms with Crippen LogP contribution in [0.25, 0.3) is 10.9 Å². The van der Waals surface area contributed by atoms with Gasteiger partial charge in [0.2, 0.25) is 0 Å². The Labute approximate surface area is 102 Å². The minimum Gasteiger partial charge on any atom is -0.348 e. The first-order valence-electron chi connectivity index (χ1n) is 5.57. The molecule has 0 spiro atoms. The highest BCUT2D eigenvalue weighted by Crippen LogP contribution is 2.35. The zero-order valence-electron chi connectivity index (χ0n) is 10.6. The van der Waals surface area contributed by atoms with Crippen LogP contribution in [0.4, 0.5) is 0 Å². The fourth-order valence-corrected chi connectivity index (χ4v) is 2.66. The third kappa shape index (κ3) is 1.63. The van der Waals surface area contributed by atoms with E-state index in [0.717, 1.165) is 5.02 Å². The summed E-state index contributed by atoms with van der Waals surface area (Å²) in [6.07, 6.45) is 0.